The highest BCUT2D eigenvalue weighted by Crippen LogP contribution is 2.16. The Morgan fingerprint density at radius 3 is 2.62 bits per heavy atom. The zero-order chi connectivity index (χ0) is 10.1. The Labute approximate surface area is 83.3 Å². The van der Waals surface area contributed by atoms with Gasteiger partial charge >= 0.3 is 6.09 Å². The molecule has 0 aromatic rings. The smallest absolute Gasteiger partial charge is 0.410 e. The van der Waals surface area contributed by atoms with E-state index in [4.69, 9.17) is 9.84 Å². The Hall–Kier alpha value is -0.420. The Morgan fingerprint density at radius 1 is 1.69 bits per heavy atom. The molecule has 1 aliphatic rings. The first-order chi connectivity index (χ1) is 5.94. The van der Waals surface area contributed by atoms with Gasteiger partial charge in [-0.2, -0.15) is 12.6 Å². The lowest BCUT2D eigenvalue weighted by molar-refractivity contribution is -0.0289. The summed E-state index contributed by atoms with van der Waals surface area (Å²) in [6.07, 6.45) is -0.754. The second-order valence-corrected chi connectivity index (χ2v) is 4.16. The molecule has 0 spiro atoms. The number of rotatable bonds is 2. The van der Waals surface area contributed by atoms with Gasteiger partial charge in [0.05, 0.1) is 19.2 Å². The molecule has 0 saturated carbocycles. The van der Waals surface area contributed by atoms with Crippen molar-refractivity contribution >= 4 is 18.7 Å². The number of hydrogen-bond acceptors (Lipinski definition) is 4. The molecular formula is C8H15NO3S. The zero-order valence-electron chi connectivity index (χ0n) is 7.86. The van der Waals surface area contributed by atoms with Crippen LogP contribution >= 0.6 is 12.6 Å². The van der Waals surface area contributed by atoms with E-state index < -0.39 is 5.60 Å². The average Bonchev–Trinajstić information content (AvgIpc) is 1.98. The van der Waals surface area contributed by atoms with Gasteiger partial charge in [-0.15, -0.1) is 0 Å². The topological polar surface area (TPSA) is 49.8 Å². The van der Waals surface area contributed by atoms with Crippen LogP contribution in [0.25, 0.3) is 0 Å². The van der Waals surface area contributed by atoms with Crippen LogP contribution in [0.3, 0.4) is 0 Å². The summed E-state index contributed by atoms with van der Waals surface area (Å²) in [5.74, 6) is 0.481. The predicted molar refractivity (Wildman–Crippen MR) is 52.0 cm³/mol. The SMILES string of the molecule is CC(C)(CS)OC(=O)N1CC(O)C1. The molecule has 0 unspecified atom stereocenters. The fourth-order valence-corrected chi connectivity index (χ4v) is 1.00. The Kier molecular flexibility index (Phi) is 3.08. The fourth-order valence-electron chi connectivity index (χ4n) is 0.938. The summed E-state index contributed by atoms with van der Waals surface area (Å²) in [5.41, 5.74) is -0.541. The molecule has 1 aliphatic heterocycles. The molecule has 1 fully saturated rings. The maximum atomic E-state index is 11.3. The molecule has 1 N–H and O–H groups in total. The van der Waals surface area contributed by atoms with Gasteiger partial charge in [-0.1, -0.05) is 0 Å². The van der Waals surface area contributed by atoms with Crippen LogP contribution in [0.2, 0.25) is 0 Å². The highest BCUT2D eigenvalue weighted by Gasteiger charge is 2.33. The monoisotopic (exact) mass is 205 g/mol. The lowest BCUT2D eigenvalue weighted by atomic mass is 10.2. The van der Waals surface area contributed by atoms with Crippen molar-refractivity contribution in [2.24, 2.45) is 0 Å². The largest absolute Gasteiger partial charge is 0.443 e. The summed E-state index contributed by atoms with van der Waals surface area (Å²) in [6.45, 7) is 4.35. The highest BCUT2D eigenvalue weighted by atomic mass is 32.1. The molecule has 0 bridgehead atoms. The van der Waals surface area contributed by atoms with Gasteiger partial charge in [0.15, 0.2) is 0 Å². The van der Waals surface area contributed by atoms with Gasteiger partial charge in [0.25, 0.3) is 0 Å². The normalized spacial score (nSPS) is 18.3. The number of hydrogen-bond donors (Lipinski definition) is 2. The van der Waals surface area contributed by atoms with Crippen molar-refractivity contribution in [1.82, 2.24) is 4.90 Å². The van der Waals surface area contributed by atoms with Crippen molar-refractivity contribution in [3.63, 3.8) is 0 Å². The minimum atomic E-state index is -0.541. The number of ether oxygens (including phenoxy) is 1. The van der Waals surface area contributed by atoms with Crippen molar-refractivity contribution < 1.29 is 14.6 Å². The summed E-state index contributed by atoms with van der Waals surface area (Å²) >= 11 is 4.06. The molecule has 1 rings (SSSR count). The van der Waals surface area contributed by atoms with Crippen LogP contribution in [0.15, 0.2) is 0 Å². The summed E-state index contributed by atoms with van der Waals surface area (Å²) in [5, 5.41) is 8.96. The standard InChI is InChI=1S/C8H15NO3S/c1-8(2,5-13)12-7(11)9-3-6(10)4-9/h6,10,13H,3-5H2,1-2H3. The van der Waals surface area contributed by atoms with Gasteiger partial charge in [-0.05, 0) is 13.8 Å². The minimum Gasteiger partial charge on any atom is -0.443 e. The number of thiol groups is 1. The van der Waals surface area contributed by atoms with Crippen LogP contribution in [0.4, 0.5) is 4.79 Å². The van der Waals surface area contributed by atoms with E-state index in [0.717, 1.165) is 0 Å². The lowest BCUT2D eigenvalue weighted by Gasteiger charge is -2.37. The third kappa shape index (κ3) is 2.77. The van der Waals surface area contributed by atoms with E-state index in [1.54, 1.807) is 13.8 Å². The highest BCUT2D eigenvalue weighted by molar-refractivity contribution is 7.80. The molecule has 0 atom stereocenters. The number of nitrogens with zero attached hydrogens (tertiary/aromatic N) is 1. The van der Waals surface area contributed by atoms with Crippen LogP contribution in [0.5, 0.6) is 0 Å². The van der Waals surface area contributed by atoms with E-state index in [0.29, 0.717) is 18.8 Å². The Bertz CT molecular complexity index is 202. The van der Waals surface area contributed by atoms with Crippen LogP contribution in [0.1, 0.15) is 13.8 Å². The second kappa shape index (κ2) is 3.75. The van der Waals surface area contributed by atoms with Gasteiger partial charge < -0.3 is 14.7 Å². The van der Waals surface area contributed by atoms with Crippen molar-refractivity contribution in [2.45, 2.75) is 25.6 Å². The number of likely N-dealkylation sites (tertiary alicyclic amines) is 1. The van der Waals surface area contributed by atoms with Gasteiger partial charge in [0.2, 0.25) is 0 Å². The molecule has 0 aliphatic carbocycles. The summed E-state index contributed by atoms with van der Waals surface area (Å²) in [4.78, 5) is 12.8. The third-order valence-electron chi connectivity index (χ3n) is 1.86. The molecule has 0 aromatic heterocycles. The molecular weight excluding hydrogens is 190 g/mol. The van der Waals surface area contributed by atoms with Gasteiger partial charge in [-0.25, -0.2) is 4.79 Å². The Morgan fingerprint density at radius 2 is 2.23 bits per heavy atom. The van der Waals surface area contributed by atoms with E-state index in [1.807, 2.05) is 0 Å². The zero-order valence-corrected chi connectivity index (χ0v) is 8.75. The average molecular weight is 205 g/mol. The first kappa shape index (κ1) is 10.7. The Balaban J connectivity index is 2.33. The summed E-state index contributed by atoms with van der Waals surface area (Å²) < 4.78 is 5.14. The predicted octanol–water partition coefficient (Wildman–Crippen LogP) is 0.508. The molecule has 5 heteroatoms. The molecule has 1 amide bonds. The summed E-state index contributed by atoms with van der Waals surface area (Å²) in [6, 6.07) is 0. The van der Waals surface area contributed by atoms with Crippen LogP contribution in [0, 0.1) is 0 Å². The molecule has 0 radical (unpaired) electrons. The minimum absolute atomic E-state index is 0.371. The van der Waals surface area contributed by atoms with E-state index in [9.17, 15) is 4.79 Å². The van der Waals surface area contributed by atoms with Crippen molar-refractivity contribution in [1.29, 1.82) is 0 Å². The van der Waals surface area contributed by atoms with Crippen molar-refractivity contribution in [3.8, 4) is 0 Å². The van der Waals surface area contributed by atoms with E-state index in [-0.39, 0.29) is 12.2 Å². The molecule has 1 heterocycles. The molecule has 13 heavy (non-hydrogen) atoms. The van der Waals surface area contributed by atoms with E-state index >= 15 is 0 Å². The third-order valence-corrected chi connectivity index (χ3v) is 2.63. The number of carbonyl (C=O) groups excluding carboxylic acids is 1. The van der Waals surface area contributed by atoms with Gasteiger partial charge in [-0.3, -0.25) is 0 Å². The number of aliphatic hydroxyl groups is 1. The van der Waals surface area contributed by atoms with E-state index in [1.165, 1.54) is 4.90 Å². The maximum Gasteiger partial charge on any atom is 0.410 e. The summed E-state index contributed by atoms with van der Waals surface area (Å²) in [7, 11) is 0. The quantitative estimate of drug-likeness (QED) is 0.646. The first-order valence-electron chi connectivity index (χ1n) is 4.21. The second-order valence-electron chi connectivity index (χ2n) is 3.84. The van der Waals surface area contributed by atoms with Crippen LogP contribution < -0.4 is 0 Å². The number of amides is 1. The van der Waals surface area contributed by atoms with Gasteiger partial charge in [0.1, 0.15) is 5.60 Å². The van der Waals surface area contributed by atoms with Gasteiger partial charge in [0, 0.05) is 5.75 Å². The number of carbonyl (C=O) groups is 1. The van der Waals surface area contributed by atoms with Crippen molar-refractivity contribution in [2.75, 3.05) is 18.8 Å². The molecule has 76 valence electrons. The van der Waals surface area contributed by atoms with Crippen LogP contribution in [-0.4, -0.2) is 46.6 Å². The number of β-amino-alcohol motifs (C(OH)–C–C–N with tert-alkyl or cyclic N) is 1. The maximum absolute atomic E-state index is 11.3. The molecule has 0 aromatic carbocycles. The van der Waals surface area contributed by atoms with E-state index in [2.05, 4.69) is 12.6 Å². The molecule has 1 saturated heterocycles. The molecule has 4 nitrogen and oxygen atoms in total. The van der Waals surface area contributed by atoms with Crippen LogP contribution in [-0.2, 0) is 4.74 Å². The number of aliphatic hydroxyl groups excluding tert-OH is 1. The first-order valence-corrected chi connectivity index (χ1v) is 4.85. The lowest BCUT2D eigenvalue weighted by Crippen LogP contribution is -2.55. The van der Waals surface area contributed by atoms with Crippen molar-refractivity contribution in [3.05, 3.63) is 0 Å². The fraction of sp³-hybridized carbons (Fsp3) is 0.875.